The molecule has 2 aliphatic rings. The lowest BCUT2D eigenvalue weighted by atomic mass is 9.75. The van der Waals surface area contributed by atoms with E-state index in [0.29, 0.717) is 17.4 Å². The molecule has 0 aliphatic carbocycles. The van der Waals surface area contributed by atoms with Gasteiger partial charge in [0.2, 0.25) is 0 Å². The number of methoxy groups -OCH3 is 1. The molecule has 0 amide bonds. The standard InChI is InChI=1S/C18H25BrO3/c1-12(2)18-10-16(17(3,22-18)9-15(18)19)21-11-13-5-7-14(20-4)8-6-13/h5-8,12,15-16H,9-11H2,1-4H3. The highest BCUT2D eigenvalue weighted by Gasteiger charge is 2.65. The van der Waals surface area contributed by atoms with Crippen LogP contribution >= 0.6 is 15.9 Å². The van der Waals surface area contributed by atoms with Crippen LogP contribution in [0.1, 0.15) is 39.2 Å². The number of hydrogen-bond acceptors (Lipinski definition) is 3. The van der Waals surface area contributed by atoms with Crippen LogP contribution in [0.15, 0.2) is 24.3 Å². The predicted octanol–water partition coefficient (Wildman–Crippen LogP) is 4.32. The molecule has 0 spiro atoms. The summed E-state index contributed by atoms with van der Waals surface area (Å²) in [5, 5.41) is 0. The molecule has 0 N–H and O–H groups in total. The largest absolute Gasteiger partial charge is 0.497 e. The molecule has 0 saturated carbocycles. The van der Waals surface area contributed by atoms with E-state index in [-0.39, 0.29) is 17.3 Å². The number of fused-ring (bicyclic) bond motifs is 2. The maximum Gasteiger partial charge on any atom is 0.118 e. The molecule has 3 nitrogen and oxygen atoms in total. The highest BCUT2D eigenvalue weighted by Crippen LogP contribution is 2.57. The van der Waals surface area contributed by atoms with Crippen molar-refractivity contribution in [1.29, 1.82) is 0 Å². The minimum Gasteiger partial charge on any atom is -0.497 e. The molecular formula is C18H25BrO3. The van der Waals surface area contributed by atoms with Crippen molar-refractivity contribution in [2.45, 2.75) is 62.4 Å². The molecule has 1 aromatic rings. The molecule has 4 atom stereocenters. The van der Waals surface area contributed by atoms with Gasteiger partial charge >= 0.3 is 0 Å². The second kappa shape index (κ2) is 5.81. The molecule has 1 aromatic carbocycles. The van der Waals surface area contributed by atoms with E-state index >= 15 is 0 Å². The number of rotatable bonds is 5. The van der Waals surface area contributed by atoms with E-state index in [1.165, 1.54) is 5.56 Å². The van der Waals surface area contributed by atoms with Crippen molar-refractivity contribution in [2.24, 2.45) is 5.92 Å². The summed E-state index contributed by atoms with van der Waals surface area (Å²) in [7, 11) is 1.68. The number of alkyl halides is 1. The lowest BCUT2D eigenvalue weighted by Gasteiger charge is -2.35. The molecule has 3 rings (SSSR count). The van der Waals surface area contributed by atoms with Gasteiger partial charge in [-0.2, -0.15) is 0 Å². The number of benzene rings is 1. The predicted molar refractivity (Wildman–Crippen MR) is 90.6 cm³/mol. The summed E-state index contributed by atoms with van der Waals surface area (Å²) >= 11 is 3.83. The molecule has 2 bridgehead atoms. The first-order valence-corrected chi connectivity index (χ1v) is 8.90. The third-order valence-corrected chi connectivity index (χ3v) is 6.41. The van der Waals surface area contributed by atoms with Gasteiger partial charge in [-0.15, -0.1) is 0 Å². The SMILES string of the molecule is COc1ccc(COC2CC3(C(C)C)OC2(C)CC3Br)cc1. The number of halogens is 1. The molecule has 2 aliphatic heterocycles. The van der Waals surface area contributed by atoms with E-state index in [1.54, 1.807) is 7.11 Å². The van der Waals surface area contributed by atoms with Crippen LogP contribution in [0.5, 0.6) is 5.75 Å². The summed E-state index contributed by atoms with van der Waals surface area (Å²) < 4.78 is 17.9. The average molecular weight is 369 g/mol. The number of ether oxygens (including phenoxy) is 3. The fourth-order valence-electron chi connectivity index (χ4n) is 3.81. The Morgan fingerprint density at radius 3 is 2.50 bits per heavy atom. The Kier molecular flexibility index (Phi) is 4.30. The first-order chi connectivity index (χ1) is 10.4. The van der Waals surface area contributed by atoms with Crippen LogP contribution in [-0.4, -0.2) is 29.2 Å². The molecule has 2 fully saturated rings. The van der Waals surface area contributed by atoms with Crippen molar-refractivity contribution in [3.05, 3.63) is 29.8 Å². The Morgan fingerprint density at radius 1 is 1.27 bits per heavy atom. The minimum atomic E-state index is -0.176. The molecule has 4 unspecified atom stereocenters. The van der Waals surface area contributed by atoms with Crippen molar-refractivity contribution in [3.63, 3.8) is 0 Å². The Hall–Kier alpha value is -0.580. The van der Waals surface area contributed by atoms with Crippen LogP contribution in [0.2, 0.25) is 0 Å². The first-order valence-electron chi connectivity index (χ1n) is 7.98. The van der Waals surface area contributed by atoms with Crippen LogP contribution in [0.4, 0.5) is 0 Å². The van der Waals surface area contributed by atoms with E-state index in [4.69, 9.17) is 14.2 Å². The zero-order valence-corrected chi connectivity index (χ0v) is 15.4. The summed E-state index contributed by atoms with van der Waals surface area (Å²) in [6, 6.07) is 8.06. The lowest BCUT2D eigenvalue weighted by Crippen LogP contribution is -2.44. The van der Waals surface area contributed by atoms with Gasteiger partial charge in [-0.1, -0.05) is 41.9 Å². The summed E-state index contributed by atoms with van der Waals surface area (Å²) in [6.07, 6.45) is 2.14. The van der Waals surface area contributed by atoms with Gasteiger partial charge in [0.25, 0.3) is 0 Å². The van der Waals surface area contributed by atoms with Crippen molar-refractivity contribution in [1.82, 2.24) is 0 Å². The average Bonchev–Trinajstić information content (AvgIpc) is 2.93. The quantitative estimate of drug-likeness (QED) is 0.724. The fourth-order valence-corrected chi connectivity index (χ4v) is 5.26. The second-order valence-electron chi connectivity index (χ2n) is 7.05. The molecule has 2 saturated heterocycles. The van der Waals surface area contributed by atoms with Gasteiger partial charge in [-0.3, -0.25) is 0 Å². The zero-order valence-electron chi connectivity index (χ0n) is 13.8. The van der Waals surface area contributed by atoms with Crippen LogP contribution in [0.25, 0.3) is 0 Å². The molecule has 2 heterocycles. The summed E-state index contributed by atoms with van der Waals surface area (Å²) in [5.41, 5.74) is 0.908. The Labute approximate surface area is 141 Å². The fraction of sp³-hybridized carbons (Fsp3) is 0.667. The molecule has 0 radical (unpaired) electrons. The van der Waals surface area contributed by atoms with Gasteiger partial charge in [0, 0.05) is 11.2 Å². The first kappa shape index (κ1) is 16.3. The van der Waals surface area contributed by atoms with Gasteiger partial charge in [-0.05, 0) is 37.0 Å². The summed E-state index contributed by atoms with van der Waals surface area (Å²) in [4.78, 5) is 0.422. The zero-order chi connectivity index (χ0) is 16.0. The topological polar surface area (TPSA) is 27.7 Å². The molecule has 122 valence electrons. The Bertz CT molecular complexity index is 530. The summed E-state index contributed by atoms with van der Waals surface area (Å²) in [5.74, 6) is 1.35. The molecule has 0 aromatic heterocycles. The molecular weight excluding hydrogens is 344 g/mol. The van der Waals surface area contributed by atoms with Gasteiger partial charge < -0.3 is 14.2 Å². The van der Waals surface area contributed by atoms with Crippen molar-refractivity contribution < 1.29 is 14.2 Å². The van der Waals surface area contributed by atoms with Crippen LogP contribution in [0, 0.1) is 5.92 Å². The van der Waals surface area contributed by atoms with Crippen molar-refractivity contribution in [3.8, 4) is 5.75 Å². The van der Waals surface area contributed by atoms with E-state index in [1.807, 2.05) is 12.1 Å². The van der Waals surface area contributed by atoms with Crippen LogP contribution in [0.3, 0.4) is 0 Å². The number of hydrogen-bond donors (Lipinski definition) is 0. The highest BCUT2D eigenvalue weighted by molar-refractivity contribution is 9.09. The van der Waals surface area contributed by atoms with Crippen molar-refractivity contribution in [2.75, 3.05) is 7.11 Å². The van der Waals surface area contributed by atoms with Gasteiger partial charge in [-0.25, -0.2) is 0 Å². The minimum absolute atomic E-state index is 0.0840. The van der Waals surface area contributed by atoms with Crippen molar-refractivity contribution >= 4 is 15.9 Å². The Balaban J connectivity index is 1.66. The van der Waals surface area contributed by atoms with Gasteiger partial charge in [0.05, 0.1) is 31.0 Å². The summed E-state index contributed by atoms with van der Waals surface area (Å²) in [6.45, 7) is 7.30. The van der Waals surface area contributed by atoms with Crippen LogP contribution in [-0.2, 0) is 16.1 Å². The third-order valence-electron chi connectivity index (χ3n) is 5.31. The third kappa shape index (κ3) is 2.59. The van der Waals surface area contributed by atoms with E-state index in [9.17, 15) is 0 Å². The van der Waals surface area contributed by atoms with E-state index < -0.39 is 0 Å². The Morgan fingerprint density at radius 2 is 1.95 bits per heavy atom. The van der Waals surface area contributed by atoms with Gasteiger partial charge in [0.1, 0.15) is 5.75 Å². The monoisotopic (exact) mass is 368 g/mol. The maximum atomic E-state index is 6.47. The molecule has 22 heavy (non-hydrogen) atoms. The van der Waals surface area contributed by atoms with Crippen LogP contribution < -0.4 is 4.74 Å². The highest BCUT2D eigenvalue weighted by atomic mass is 79.9. The maximum absolute atomic E-state index is 6.47. The lowest BCUT2D eigenvalue weighted by molar-refractivity contribution is -0.0955. The van der Waals surface area contributed by atoms with E-state index in [0.717, 1.165) is 18.6 Å². The normalized spacial score (nSPS) is 37.0. The second-order valence-corrected chi connectivity index (χ2v) is 8.15. The van der Waals surface area contributed by atoms with Gasteiger partial charge in [0.15, 0.2) is 0 Å². The smallest absolute Gasteiger partial charge is 0.118 e. The van der Waals surface area contributed by atoms with E-state index in [2.05, 4.69) is 48.8 Å². The molecule has 4 heteroatoms.